The molecule has 7 heteroatoms. The van der Waals surface area contributed by atoms with Crippen LogP contribution in [0.5, 0.6) is 0 Å². The zero-order valence-corrected chi connectivity index (χ0v) is 14.9. The number of amides is 1. The number of hydrogen-bond acceptors (Lipinski definition) is 6. The van der Waals surface area contributed by atoms with E-state index in [1.54, 1.807) is 39.8 Å². The Morgan fingerprint density at radius 3 is 2.64 bits per heavy atom. The second-order valence-corrected chi connectivity index (χ2v) is 6.54. The van der Waals surface area contributed by atoms with E-state index in [-0.39, 0.29) is 12.5 Å². The number of hydrogen-bond donors (Lipinski definition) is 2. The number of aryl methyl sites for hydroxylation is 4. The molecule has 3 rings (SSSR count). The zero-order valence-electron chi connectivity index (χ0n) is 14.9. The van der Waals surface area contributed by atoms with Crippen LogP contribution in [0.2, 0.25) is 0 Å². The lowest BCUT2D eigenvalue weighted by atomic mass is 9.96. The summed E-state index contributed by atoms with van der Waals surface area (Å²) in [5.74, 6) is 1.03. The normalized spacial score (nSPS) is 13.8. The van der Waals surface area contributed by atoms with Gasteiger partial charge in [0.15, 0.2) is 0 Å². The lowest BCUT2D eigenvalue weighted by molar-refractivity contribution is 0.0514. The van der Waals surface area contributed by atoms with E-state index >= 15 is 0 Å². The summed E-state index contributed by atoms with van der Waals surface area (Å²) in [5.41, 5.74) is 1.42. The van der Waals surface area contributed by atoms with Crippen molar-refractivity contribution in [2.45, 2.75) is 40.2 Å². The minimum absolute atomic E-state index is 0.0405. The van der Waals surface area contributed by atoms with Gasteiger partial charge in [-0.2, -0.15) is 0 Å². The molecule has 1 unspecified atom stereocenters. The minimum Gasteiger partial charge on any atom is -0.466 e. The maximum atomic E-state index is 12.7. The number of aromatic nitrogens is 2. The molecular weight excluding hydrogens is 322 g/mol. The molecule has 2 N–H and O–H groups in total. The van der Waals surface area contributed by atoms with Crippen LogP contribution < -0.4 is 5.32 Å². The molecule has 3 aromatic rings. The van der Waals surface area contributed by atoms with Crippen molar-refractivity contribution in [2.24, 2.45) is 0 Å². The van der Waals surface area contributed by atoms with Crippen molar-refractivity contribution in [1.29, 1.82) is 0 Å². The van der Waals surface area contributed by atoms with Gasteiger partial charge in [0.05, 0.1) is 23.2 Å². The third-order valence-electron chi connectivity index (χ3n) is 4.20. The van der Waals surface area contributed by atoms with Gasteiger partial charge in [-0.3, -0.25) is 4.79 Å². The van der Waals surface area contributed by atoms with E-state index in [2.05, 4.69) is 15.5 Å². The van der Waals surface area contributed by atoms with Crippen molar-refractivity contribution in [2.75, 3.05) is 6.54 Å². The molecule has 132 valence electrons. The molecule has 0 saturated heterocycles. The minimum atomic E-state index is -1.25. The fourth-order valence-corrected chi connectivity index (χ4v) is 3.01. The van der Waals surface area contributed by atoms with E-state index in [9.17, 15) is 9.90 Å². The maximum absolute atomic E-state index is 12.7. The molecule has 0 aromatic carbocycles. The van der Waals surface area contributed by atoms with E-state index < -0.39 is 5.60 Å². The second-order valence-electron chi connectivity index (χ2n) is 6.54. The van der Waals surface area contributed by atoms with Crippen molar-refractivity contribution in [3.8, 4) is 0 Å². The van der Waals surface area contributed by atoms with Gasteiger partial charge >= 0.3 is 0 Å². The molecule has 0 radical (unpaired) electrons. The van der Waals surface area contributed by atoms with Gasteiger partial charge in [0, 0.05) is 11.3 Å². The molecule has 1 atom stereocenters. The van der Waals surface area contributed by atoms with Crippen LogP contribution >= 0.6 is 0 Å². The van der Waals surface area contributed by atoms with E-state index in [4.69, 9.17) is 8.94 Å². The number of aliphatic hydroxyl groups is 1. The molecule has 25 heavy (non-hydrogen) atoms. The summed E-state index contributed by atoms with van der Waals surface area (Å²) in [6, 6.07) is 3.46. The zero-order chi connectivity index (χ0) is 18.4. The van der Waals surface area contributed by atoms with Crippen molar-refractivity contribution in [3.05, 3.63) is 46.2 Å². The molecule has 0 saturated carbocycles. The fraction of sp³-hybridized carbons (Fsp3) is 0.389. The number of fused-ring (bicyclic) bond motifs is 1. The van der Waals surface area contributed by atoms with E-state index in [0.29, 0.717) is 45.1 Å². The number of nitrogens with zero attached hydrogens (tertiary/aromatic N) is 2. The molecule has 0 fully saturated rings. The fourth-order valence-electron chi connectivity index (χ4n) is 3.01. The quantitative estimate of drug-likeness (QED) is 0.755. The third-order valence-corrected chi connectivity index (χ3v) is 4.20. The Morgan fingerprint density at radius 1 is 1.28 bits per heavy atom. The number of furan rings is 1. The van der Waals surface area contributed by atoms with Gasteiger partial charge in [0.1, 0.15) is 17.1 Å². The van der Waals surface area contributed by atoms with Crippen LogP contribution in [0.1, 0.15) is 45.8 Å². The van der Waals surface area contributed by atoms with Crippen LogP contribution in [0.4, 0.5) is 0 Å². The Hall–Kier alpha value is -2.67. The molecule has 1 amide bonds. The van der Waals surface area contributed by atoms with Gasteiger partial charge in [-0.15, -0.1) is 0 Å². The Morgan fingerprint density at radius 2 is 2.00 bits per heavy atom. The number of rotatable bonds is 4. The topological polar surface area (TPSA) is 101 Å². The summed E-state index contributed by atoms with van der Waals surface area (Å²) in [5, 5.41) is 18.0. The van der Waals surface area contributed by atoms with Crippen LogP contribution in [0, 0.1) is 27.7 Å². The van der Waals surface area contributed by atoms with Crippen LogP contribution in [0.3, 0.4) is 0 Å². The first-order valence-corrected chi connectivity index (χ1v) is 8.01. The van der Waals surface area contributed by atoms with Gasteiger partial charge in [0.25, 0.3) is 11.6 Å². The summed E-state index contributed by atoms with van der Waals surface area (Å²) in [7, 11) is 0. The van der Waals surface area contributed by atoms with Gasteiger partial charge in [-0.05, 0) is 46.8 Å². The van der Waals surface area contributed by atoms with Gasteiger partial charge in [0.2, 0.25) is 0 Å². The summed E-state index contributed by atoms with van der Waals surface area (Å²) < 4.78 is 10.6. The molecule has 7 nitrogen and oxygen atoms in total. The summed E-state index contributed by atoms with van der Waals surface area (Å²) in [6.07, 6.45) is 0. The predicted molar refractivity (Wildman–Crippen MR) is 91.4 cm³/mol. The number of carbonyl (C=O) groups excluding carboxylic acids is 1. The van der Waals surface area contributed by atoms with Crippen LogP contribution in [0.15, 0.2) is 21.1 Å². The van der Waals surface area contributed by atoms with Gasteiger partial charge in [-0.1, -0.05) is 5.16 Å². The second kappa shape index (κ2) is 6.00. The highest BCUT2D eigenvalue weighted by Crippen LogP contribution is 2.27. The smallest absolute Gasteiger partial charge is 0.258 e. The lowest BCUT2D eigenvalue weighted by Crippen LogP contribution is -2.38. The standard InChI is InChI=1S/C18H21N3O4/c1-9-6-13(15-11(3)21-25-17(15)20-9)16(22)19-8-18(5,23)14-7-10(2)24-12(14)4/h6-7,23H,8H2,1-5H3,(H,19,22). The molecular formula is C18H21N3O4. The predicted octanol–water partition coefficient (Wildman–Crippen LogP) is 2.69. The Kier molecular flexibility index (Phi) is 4.12. The highest BCUT2D eigenvalue weighted by atomic mass is 16.5. The summed E-state index contributed by atoms with van der Waals surface area (Å²) in [4.78, 5) is 16.9. The van der Waals surface area contributed by atoms with Crippen LogP contribution in [-0.2, 0) is 5.60 Å². The summed E-state index contributed by atoms with van der Waals surface area (Å²) >= 11 is 0. The Labute approximate surface area is 145 Å². The lowest BCUT2D eigenvalue weighted by Gasteiger charge is -2.23. The average molecular weight is 343 g/mol. The van der Waals surface area contributed by atoms with Crippen molar-refractivity contribution >= 4 is 17.0 Å². The van der Waals surface area contributed by atoms with E-state index in [1.165, 1.54) is 0 Å². The first-order chi connectivity index (χ1) is 11.7. The first kappa shape index (κ1) is 17.2. The van der Waals surface area contributed by atoms with Crippen LogP contribution in [0.25, 0.3) is 11.1 Å². The Balaban J connectivity index is 1.86. The summed E-state index contributed by atoms with van der Waals surface area (Å²) in [6.45, 7) is 8.82. The van der Waals surface area contributed by atoms with Crippen molar-refractivity contribution in [1.82, 2.24) is 15.5 Å². The number of carbonyl (C=O) groups is 1. The van der Waals surface area contributed by atoms with E-state index in [0.717, 1.165) is 0 Å². The highest BCUT2D eigenvalue weighted by Gasteiger charge is 2.29. The van der Waals surface area contributed by atoms with Gasteiger partial charge < -0.3 is 19.4 Å². The van der Waals surface area contributed by atoms with Gasteiger partial charge in [-0.25, -0.2) is 4.98 Å². The SMILES string of the molecule is Cc1cc(C(=O)NCC(C)(O)c2cc(C)oc2C)c2c(C)noc2n1. The molecule has 3 heterocycles. The third kappa shape index (κ3) is 3.15. The first-order valence-electron chi connectivity index (χ1n) is 8.01. The van der Waals surface area contributed by atoms with Crippen molar-refractivity contribution < 1.29 is 18.8 Å². The van der Waals surface area contributed by atoms with Crippen molar-refractivity contribution in [3.63, 3.8) is 0 Å². The molecule has 0 aliphatic rings. The largest absolute Gasteiger partial charge is 0.466 e. The molecule has 0 bridgehead atoms. The highest BCUT2D eigenvalue weighted by molar-refractivity contribution is 6.06. The molecule has 3 aromatic heterocycles. The van der Waals surface area contributed by atoms with E-state index in [1.807, 2.05) is 6.92 Å². The average Bonchev–Trinajstić information content (AvgIpc) is 3.07. The monoisotopic (exact) mass is 343 g/mol. The maximum Gasteiger partial charge on any atom is 0.258 e. The molecule has 0 aliphatic carbocycles. The van der Waals surface area contributed by atoms with Crippen LogP contribution in [-0.4, -0.2) is 27.7 Å². The number of nitrogens with one attached hydrogen (secondary N) is 1. The molecule has 0 spiro atoms. The Bertz CT molecular complexity index is 953. The molecule has 0 aliphatic heterocycles. The number of pyridine rings is 1.